The highest BCUT2D eigenvalue weighted by Gasteiger charge is 2.20. The SMILES string of the molecule is Cc1cc(F)ccc1S(=O)(=O)Nc1noc(-c2ccccc2)n1. The Kier molecular flexibility index (Phi) is 3.83. The molecule has 0 saturated heterocycles. The molecule has 0 aliphatic carbocycles. The number of anilines is 1. The van der Waals surface area contributed by atoms with Crippen LogP contribution in [0.3, 0.4) is 0 Å². The molecule has 118 valence electrons. The lowest BCUT2D eigenvalue weighted by Crippen LogP contribution is -2.15. The Morgan fingerprint density at radius 1 is 1.13 bits per heavy atom. The second-order valence-electron chi connectivity index (χ2n) is 4.80. The minimum absolute atomic E-state index is 0.0510. The first kappa shape index (κ1) is 15.2. The van der Waals surface area contributed by atoms with E-state index in [2.05, 4.69) is 14.9 Å². The minimum atomic E-state index is -3.93. The molecule has 23 heavy (non-hydrogen) atoms. The predicted octanol–water partition coefficient (Wildman–Crippen LogP) is 2.98. The van der Waals surface area contributed by atoms with Crippen molar-refractivity contribution in [3.8, 4) is 11.5 Å². The van der Waals surface area contributed by atoms with Gasteiger partial charge in [0.1, 0.15) is 5.82 Å². The van der Waals surface area contributed by atoms with E-state index in [9.17, 15) is 12.8 Å². The van der Waals surface area contributed by atoms with Crippen LogP contribution < -0.4 is 4.72 Å². The molecule has 0 unspecified atom stereocenters. The zero-order valence-electron chi connectivity index (χ0n) is 12.0. The molecule has 6 nitrogen and oxygen atoms in total. The predicted molar refractivity (Wildman–Crippen MR) is 81.7 cm³/mol. The van der Waals surface area contributed by atoms with Crippen LogP contribution in [-0.2, 0) is 10.0 Å². The summed E-state index contributed by atoms with van der Waals surface area (Å²) in [5, 5.41) is 3.60. The molecule has 0 radical (unpaired) electrons. The Hall–Kier alpha value is -2.74. The molecule has 2 aromatic carbocycles. The summed E-state index contributed by atoms with van der Waals surface area (Å²) in [7, 11) is -3.93. The zero-order chi connectivity index (χ0) is 16.4. The molecule has 8 heteroatoms. The molecule has 0 fully saturated rings. The average molecular weight is 333 g/mol. The van der Waals surface area contributed by atoms with Gasteiger partial charge in [-0.1, -0.05) is 18.2 Å². The summed E-state index contributed by atoms with van der Waals surface area (Å²) in [6.07, 6.45) is 0. The van der Waals surface area contributed by atoms with E-state index in [0.29, 0.717) is 5.56 Å². The first-order chi connectivity index (χ1) is 11.0. The van der Waals surface area contributed by atoms with Crippen molar-refractivity contribution in [1.82, 2.24) is 10.1 Å². The number of aryl methyl sites for hydroxylation is 1. The maximum atomic E-state index is 13.1. The highest BCUT2D eigenvalue weighted by atomic mass is 32.2. The summed E-state index contributed by atoms with van der Waals surface area (Å²) in [5.41, 5.74) is 0.952. The highest BCUT2D eigenvalue weighted by molar-refractivity contribution is 7.92. The molecule has 0 bridgehead atoms. The third-order valence-electron chi connectivity index (χ3n) is 3.10. The fraction of sp³-hybridized carbons (Fsp3) is 0.0667. The van der Waals surface area contributed by atoms with Crippen LogP contribution in [0.25, 0.3) is 11.5 Å². The number of aromatic nitrogens is 2. The number of sulfonamides is 1. The summed E-state index contributed by atoms with van der Waals surface area (Å²) < 4.78 is 45.0. The van der Waals surface area contributed by atoms with Crippen LogP contribution in [0, 0.1) is 12.7 Å². The maximum Gasteiger partial charge on any atom is 0.277 e. The van der Waals surface area contributed by atoms with Crippen molar-refractivity contribution in [2.45, 2.75) is 11.8 Å². The Balaban J connectivity index is 1.88. The van der Waals surface area contributed by atoms with E-state index < -0.39 is 15.8 Å². The van der Waals surface area contributed by atoms with Gasteiger partial charge in [-0.25, -0.2) is 17.5 Å². The van der Waals surface area contributed by atoms with Crippen LogP contribution in [0.2, 0.25) is 0 Å². The van der Waals surface area contributed by atoms with E-state index in [1.807, 2.05) is 6.07 Å². The lowest BCUT2D eigenvalue weighted by atomic mass is 10.2. The van der Waals surface area contributed by atoms with Gasteiger partial charge in [-0.3, -0.25) is 0 Å². The van der Waals surface area contributed by atoms with Gasteiger partial charge >= 0.3 is 0 Å². The molecule has 3 rings (SSSR count). The van der Waals surface area contributed by atoms with E-state index in [0.717, 1.165) is 12.1 Å². The van der Waals surface area contributed by atoms with Crippen molar-refractivity contribution >= 4 is 16.0 Å². The average Bonchev–Trinajstić information content (AvgIpc) is 2.95. The van der Waals surface area contributed by atoms with E-state index in [-0.39, 0.29) is 22.3 Å². The smallest absolute Gasteiger partial charge is 0.277 e. The summed E-state index contributed by atoms with van der Waals surface area (Å²) >= 11 is 0. The van der Waals surface area contributed by atoms with Crippen molar-refractivity contribution in [3.05, 3.63) is 59.9 Å². The second kappa shape index (κ2) is 5.81. The first-order valence-corrected chi connectivity index (χ1v) is 8.12. The van der Waals surface area contributed by atoms with Crippen LogP contribution in [-0.4, -0.2) is 18.6 Å². The summed E-state index contributed by atoms with van der Waals surface area (Å²) in [6, 6.07) is 12.3. The van der Waals surface area contributed by atoms with Gasteiger partial charge in [-0.15, -0.1) is 0 Å². The van der Waals surface area contributed by atoms with Gasteiger partial charge in [0, 0.05) is 5.56 Å². The Morgan fingerprint density at radius 3 is 2.57 bits per heavy atom. The number of nitrogens with zero attached hydrogens (tertiary/aromatic N) is 2. The molecule has 1 heterocycles. The molecular weight excluding hydrogens is 321 g/mol. The largest absolute Gasteiger partial charge is 0.332 e. The topological polar surface area (TPSA) is 85.1 Å². The fourth-order valence-corrected chi connectivity index (χ4v) is 3.22. The highest BCUT2D eigenvalue weighted by Crippen LogP contribution is 2.21. The van der Waals surface area contributed by atoms with Gasteiger partial charge < -0.3 is 4.52 Å². The molecule has 3 aromatic rings. The zero-order valence-corrected chi connectivity index (χ0v) is 12.8. The van der Waals surface area contributed by atoms with Crippen LogP contribution in [0.15, 0.2) is 57.9 Å². The fourth-order valence-electron chi connectivity index (χ4n) is 2.05. The Morgan fingerprint density at radius 2 is 1.87 bits per heavy atom. The second-order valence-corrected chi connectivity index (χ2v) is 6.46. The normalized spacial score (nSPS) is 11.4. The van der Waals surface area contributed by atoms with E-state index >= 15 is 0 Å². The number of rotatable bonds is 4. The van der Waals surface area contributed by atoms with E-state index in [4.69, 9.17) is 4.52 Å². The summed E-state index contributed by atoms with van der Waals surface area (Å²) in [5.74, 6) is -0.501. The molecule has 0 spiro atoms. The monoisotopic (exact) mass is 333 g/mol. The third kappa shape index (κ3) is 3.21. The Bertz CT molecular complexity index is 940. The van der Waals surface area contributed by atoms with Gasteiger partial charge in [-0.05, 0) is 48.0 Å². The molecular formula is C15H12FN3O3S. The van der Waals surface area contributed by atoms with Gasteiger partial charge in [0.2, 0.25) is 0 Å². The summed E-state index contributed by atoms with van der Waals surface area (Å²) in [6.45, 7) is 1.50. The quantitative estimate of drug-likeness (QED) is 0.793. The van der Waals surface area contributed by atoms with Crippen molar-refractivity contribution in [2.75, 3.05) is 4.72 Å². The molecule has 0 aliphatic rings. The molecule has 0 aliphatic heterocycles. The molecule has 1 N–H and O–H groups in total. The third-order valence-corrected chi connectivity index (χ3v) is 4.59. The van der Waals surface area contributed by atoms with Crippen molar-refractivity contribution in [1.29, 1.82) is 0 Å². The van der Waals surface area contributed by atoms with Crippen molar-refractivity contribution < 1.29 is 17.3 Å². The molecule has 0 amide bonds. The lowest BCUT2D eigenvalue weighted by Gasteiger charge is -2.07. The van der Waals surface area contributed by atoms with Gasteiger partial charge in [0.25, 0.3) is 21.9 Å². The van der Waals surface area contributed by atoms with Gasteiger partial charge in [0.15, 0.2) is 0 Å². The maximum absolute atomic E-state index is 13.1. The number of halogens is 1. The lowest BCUT2D eigenvalue weighted by molar-refractivity contribution is 0.433. The summed E-state index contributed by atoms with van der Waals surface area (Å²) in [4.78, 5) is 3.95. The standard InChI is InChI=1S/C15H12FN3O3S/c1-10-9-12(16)7-8-13(10)23(20,21)19-15-17-14(22-18-15)11-5-3-2-4-6-11/h2-9H,1H3,(H,18,19). The van der Waals surface area contributed by atoms with Crippen LogP contribution in [0.4, 0.5) is 10.3 Å². The van der Waals surface area contributed by atoms with Crippen molar-refractivity contribution in [2.24, 2.45) is 0 Å². The number of hydrogen-bond acceptors (Lipinski definition) is 5. The number of nitrogens with one attached hydrogen (secondary N) is 1. The van der Waals surface area contributed by atoms with E-state index in [1.54, 1.807) is 24.3 Å². The van der Waals surface area contributed by atoms with E-state index in [1.165, 1.54) is 13.0 Å². The molecule has 0 atom stereocenters. The minimum Gasteiger partial charge on any atom is -0.332 e. The molecule has 1 aromatic heterocycles. The number of benzene rings is 2. The van der Waals surface area contributed by atoms with Gasteiger partial charge in [0.05, 0.1) is 4.90 Å². The molecule has 0 saturated carbocycles. The van der Waals surface area contributed by atoms with Crippen LogP contribution in [0.1, 0.15) is 5.56 Å². The van der Waals surface area contributed by atoms with Crippen LogP contribution in [0.5, 0.6) is 0 Å². The van der Waals surface area contributed by atoms with Crippen LogP contribution >= 0.6 is 0 Å². The van der Waals surface area contributed by atoms with Crippen molar-refractivity contribution in [3.63, 3.8) is 0 Å². The number of hydrogen-bond donors (Lipinski definition) is 1. The van der Waals surface area contributed by atoms with Gasteiger partial charge in [-0.2, -0.15) is 4.98 Å². The Labute approximate surface area is 132 Å². The first-order valence-electron chi connectivity index (χ1n) is 6.64.